The van der Waals surface area contributed by atoms with Gasteiger partial charge in [-0.2, -0.15) is 0 Å². The number of nitro benzene ring substituents is 1. The molecule has 1 aromatic carbocycles. The molecule has 0 atom stereocenters. The SMILES string of the molecule is COc1ccc(S(=O)(=O)NNC(=O)c2cnccn2)cc1[N+](=O)[O-]. The van der Waals surface area contributed by atoms with Crippen molar-refractivity contribution in [1.29, 1.82) is 0 Å². The van der Waals surface area contributed by atoms with E-state index in [2.05, 4.69) is 9.97 Å². The summed E-state index contributed by atoms with van der Waals surface area (Å²) in [5.41, 5.74) is 1.30. The average molecular weight is 353 g/mol. The van der Waals surface area contributed by atoms with Crippen LogP contribution in [0.4, 0.5) is 5.69 Å². The largest absolute Gasteiger partial charge is 0.490 e. The molecule has 0 saturated carbocycles. The highest BCUT2D eigenvalue weighted by atomic mass is 32.2. The highest BCUT2D eigenvalue weighted by molar-refractivity contribution is 7.89. The average Bonchev–Trinajstić information content (AvgIpc) is 2.59. The van der Waals surface area contributed by atoms with Crippen LogP contribution in [0, 0.1) is 10.1 Å². The molecule has 0 saturated heterocycles. The highest BCUT2D eigenvalue weighted by Crippen LogP contribution is 2.29. The van der Waals surface area contributed by atoms with Crippen molar-refractivity contribution in [2.24, 2.45) is 0 Å². The molecule has 0 radical (unpaired) electrons. The van der Waals surface area contributed by atoms with Gasteiger partial charge in [0.25, 0.3) is 15.9 Å². The molecule has 0 aliphatic heterocycles. The van der Waals surface area contributed by atoms with Gasteiger partial charge in [-0.1, -0.05) is 0 Å². The summed E-state index contributed by atoms with van der Waals surface area (Å²) in [4.78, 5) is 30.6. The first-order valence-electron chi connectivity index (χ1n) is 6.26. The lowest BCUT2D eigenvalue weighted by atomic mass is 10.3. The number of hydrazine groups is 1. The van der Waals surface area contributed by atoms with Crippen LogP contribution in [0.2, 0.25) is 0 Å². The second-order valence-corrected chi connectivity index (χ2v) is 5.92. The second-order valence-electron chi connectivity index (χ2n) is 4.24. The van der Waals surface area contributed by atoms with Crippen molar-refractivity contribution in [3.05, 3.63) is 52.6 Å². The second kappa shape index (κ2) is 6.97. The molecule has 1 heterocycles. The van der Waals surface area contributed by atoms with E-state index in [4.69, 9.17) is 4.74 Å². The quantitative estimate of drug-likeness (QED) is 0.544. The van der Waals surface area contributed by atoms with Gasteiger partial charge >= 0.3 is 5.69 Å². The zero-order valence-electron chi connectivity index (χ0n) is 12.2. The Kier molecular flexibility index (Phi) is 5.01. The smallest absolute Gasteiger partial charge is 0.312 e. The standard InChI is InChI=1S/C12H11N5O6S/c1-23-11-3-2-8(6-10(11)17(19)20)24(21,22)16-15-12(18)9-7-13-4-5-14-9/h2-7,16H,1H3,(H,15,18). The molecule has 11 nitrogen and oxygen atoms in total. The van der Waals surface area contributed by atoms with Crippen molar-refractivity contribution in [1.82, 2.24) is 20.2 Å². The normalized spacial score (nSPS) is 10.9. The van der Waals surface area contributed by atoms with Crippen molar-refractivity contribution in [3.63, 3.8) is 0 Å². The molecule has 0 spiro atoms. The molecule has 1 amide bonds. The first kappa shape index (κ1) is 17.2. The molecular formula is C12H11N5O6S. The number of hydrogen-bond acceptors (Lipinski definition) is 8. The van der Waals surface area contributed by atoms with Gasteiger partial charge in [-0.25, -0.2) is 13.4 Å². The van der Waals surface area contributed by atoms with E-state index in [-0.39, 0.29) is 11.4 Å². The fraction of sp³-hybridized carbons (Fsp3) is 0.0833. The number of aromatic nitrogens is 2. The minimum absolute atomic E-state index is 0.0949. The Morgan fingerprint density at radius 3 is 2.67 bits per heavy atom. The lowest BCUT2D eigenvalue weighted by Crippen LogP contribution is -2.41. The van der Waals surface area contributed by atoms with E-state index < -0.39 is 31.4 Å². The predicted octanol–water partition coefficient (Wildman–Crippen LogP) is 0.0167. The molecule has 24 heavy (non-hydrogen) atoms. The summed E-state index contributed by atoms with van der Waals surface area (Å²) in [5.74, 6) is -0.933. The molecule has 2 N–H and O–H groups in total. The van der Waals surface area contributed by atoms with Crippen LogP contribution in [0.3, 0.4) is 0 Å². The van der Waals surface area contributed by atoms with Gasteiger partial charge in [0.15, 0.2) is 5.75 Å². The Bertz CT molecular complexity index is 871. The van der Waals surface area contributed by atoms with E-state index in [0.717, 1.165) is 24.4 Å². The minimum Gasteiger partial charge on any atom is -0.490 e. The van der Waals surface area contributed by atoms with Crippen LogP contribution in [-0.4, -0.2) is 36.3 Å². The number of benzene rings is 1. The number of amides is 1. The van der Waals surface area contributed by atoms with Crippen molar-refractivity contribution in [3.8, 4) is 5.75 Å². The number of nitrogens with one attached hydrogen (secondary N) is 2. The van der Waals surface area contributed by atoms with Crippen LogP contribution in [-0.2, 0) is 10.0 Å². The van der Waals surface area contributed by atoms with E-state index in [0.29, 0.717) is 0 Å². The van der Waals surface area contributed by atoms with E-state index in [1.807, 2.05) is 10.3 Å². The number of nitrogens with zero attached hydrogens (tertiary/aromatic N) is 3. The third-order valence-corrected chi connectivity index (χ3v) is 4.00. The van der Waals surface area contributed by atoms with E-state index >= 15 is 0 Å². The van der Waals surface area contributed by atoms with Crippen LogP contribution in [0.15, 0.2) is 41.7 Å². The van der Waals surface area contributed by atoms with Crippen molar-refractivity contribution >= 4 is 21.6 Å². The van der Waals surface area contributed by atoms with Gasteiger partial charge in [-0.3, -0.25) is 25.3 Å². The maximum Gasteiger partial charge on any atom is 0.312 e. The number of nitro groups is 1. The van der Waals surface area contributed by atoms with Gasteiger partial charge in [-0.15, -0.1) is 4.83 Å². The Morgan fingerprint density at radius 2 is 2.08 bits per heavy atom. The van der Waals surface area contributed by atoms with Gasteiger partial charge in [0, 0.05) is 18.5 Å². The molecule has 1 aromatic heterocycles. The number of methoxy groups -OCH3 is 1. The van der Waals surface area contributed by atoms with E-state index in [1.165, 1.54) is 19.5 Å². The first-order chi connectivity index (χ1) is 11.3. The zero-order valence-corrected chi connectivity index (χ0v) is 13.0. The molecule has 0 aliphatic rings. The zero-order chi connectivity index (χ0) is 17.7. The molecule has 0 bridgehead atoms. The Morgan fingerprint density at radius 1 is 1.33 bits per heavy atom. The van der Waals surface area contributed by atoms with Gasteiger partial charge in [0.1, 0.15) is 5.69 Å². The summed E-state index contributed by atoms with van der Waals surface area (Å²) in [7, 11) is -3.02. The van der Waals surface area contributed by atoms with Crippen LogP contribution in [0.25, 0.3) is 0 Å². The topological polar surface area (TPSA) is 153 Å². The van der Waals surface area contributed by atoms with Gasteiger partial charge < -0.3 is 4.74 Å². The lowest BCUT2D eigenvalue weighted by Gasteiger charge is -2.09. The van der Waals surface area contributed by atoms with Crippen LogP contribution in [0.5, 0.6) is 5.75 Å². The van der Waals surface area contributed by atoms with Gasteiger partial charge in [0.05, 0.1) is 23.1 Å². The summed E-state index contributed by atoms with van der Waals surface area (Å²) < 4.78 is 29.0. The Labute approximate surface area is 135 Å². The number of ether oxygens (including phenoxy) is 1. The number of sulfonamides is 1. The van der Waals surface area contributed by atoms with Crippen LogP contribution in [0.1, 0.15) is 10.5 Å². The van der Waals surface area contributed by atoms with Gasteiger partial charge in [0.2, 0.25) is 0 Å². The number of carbonyl (C=O) groups is 1. The molecule has 2 aromatic rings. The van der Waals surface area contributed by atoms with Crippen LogP contribution >= 0.6 is 0 Å². The summed E-state index contributed by atoms with van der Waals surface area (Å²) >= 11 is 0. The maximum absolute atomic E-state index is 12.1. The molecular weight excluding hydrogens is 342 g/mol. The fourth-order valence-electron chi connectivity index (χ4n) is 1.63. The van der Waals surface area contributed by atoms with Gasteiger partial charge in [-0.05, 0) is 12.1 Å². The molecule has 2 rings (SSSR count). The maximum atomic E-state index is 12.1. The molecule has 0 fully saturated rings. The number of carbonyl (C=O) groups excluding carboxylic acids is 1. The van der Waals surface area contributed by atoms with E-state index in [1.54, 1.807) is 0 Å². The third-order valence-electron chi connectivity index (χ3n) is 2.75. The first-order valence-corrected chi connectivity index (χ1v) is 7.74. The van der Waals surface area contributed by atoms with E-state index in [9.17, 15) is 23.3 Å². The predicted molar refractivity (Wildman–Crippen MR) is 79.5 cm³/mol. The van der Waals surface area contributed by atoms with Crippen molar-refractivity contribution in [2.45, 2.75) is 4.90 Å². The number of rotatable bonds is 6. The third kappa shape index (κ3) is 3.80. The molecule has 0 unspecified atom stereocenters. The lowest BCUT2D eigenvalue weighted by molar-refractivity contribution is -0.386. The fourth-order valence-corrected chi connectivity index (χ4v) is 2.49. The number of hydrogen-bond donors (Lipinski definition) is 2. The molecule has 0 aliphatic carbocycles. The van der Waals surface area contributed by atoms with Crippen LogP contribution < -0.4 is 15.0 Å². The van der Waals surface area contributed by atoms with Crippen molar-refractivity contribution < 1.29 is 22.9 Å². The summed E-state index contributed by atoms with van der Waals surface area (Å²) in [6.07, 6.45) is 3.75. The monoisotopic (exact) mass is 353 g/mol. The summed E-state index contributed by atoms with van der Waals surface area (Å²) in [6, 6.07) is 3.05. The highest BCUT2D eigenvalue weighted by Gasteiger charge is 2.22. The Balaban J connectivity index is 2.20. The summed E-state index contributed by atoms with van der Waals surface area (Å²) in [5, 5.41) is 10.9. The molecule has 12 heteroatoms. The minimum atomic E-state index is -4.23. The molecule has 126 valence electrons. The Hall–Kier alpha value is -3.12. The summed E-state index contributed by atoms with van der Waals surface area (Å²) in [6.45, 7) is 0. The van der Waals surface area contributed by atoms with Crippen molar-refractivity contribution in [2.75, 3.05) is 7.11 Å².